The van der Waals surface area contributed by atoms with Crippen LogP contribution in [0.5, 0.6) is 5.88 Å². The van der Waals surface area contributed by atoms with Crippen LogP contribution in [0.2, 0.25) is 5.02 Å². The van der Waals surface area contributed by atoms with Crippen molar-refractivity contribution in [3.8, 4) is 11.9 Å². The number of nitrogens with one attached hydrogen (secondary N) is 1. The van der Waals surface area contributed by atoms with E-state index in [9.17, 15) is 18.5 Å². The maximum Gasteiger partial charge on any atom is 0.270 e. The lowest BCUT2D eigenvalue weighted by Gasteiger charge is -2.34. The standard InChI is InChI=1S/C34H33ClN6O4S/c1-3-45-32-29(5-4-16-37-32)34(38-23-24-6-11-27(12-7-24)40-19-17-39(2)18-20-40)30-21-25(22-36)8-15-31(30)41(33(34)42)46(43,44)28-13-9-26(35)10-14-28/h4-16,21,38H,3,17-20,23H2,1-2H3. The zero-order chi connectivity index (χ0) is 32.5. The summed E-state index contributed by atoms with van der Waals surface area (Å²) in [6, 6.07) is 23.8. The van der Waals surface area contributed by atoms with E-state index in [-0.39, 0.29) is 35.2 Å². The lowest BCUT2D eigenvalue weighted by molar-refractivity contribution is -0.121. The van der Waals surface area contributed by atoms with Crippen molar-refractivity contribution in [3.63, 3.8) is 0 Å². The van der Waals surface area contributed by atoms with Crippen molar-refractivity contribution in [3.05, 3.63) is 112 Å². The molecule has 3 aromatic carbocycles. The number of piperazine rings is 1. The van der Waals surface area contributed by atoms with Gasteiger partial charge in [0.1, 0.15) is 0 Å². The van der Waals surface area contributed by atoms with E-state index in [0.29, 0.717) is 16.1 Å². The van der Waals surface area contributed by atoms with Crippen molar-refractivity contribution in [2.24, 2.45) is 0 Å². The van der Waals surface area contributed by atoms with Gasteiger partial charge in [-0.05, 0) is 86.3 Å². The molecular formula is C34H33ClN6O4S. The van der Waals surface area contributed by atoms with Gasteiger partial charge in [0.05, 0.1) is 28.8 Å². The lowest BCUT2D eigenvalue weighted by Crippen LogP contribution is -2.52. The number of sulfonamides is 1. The number of carbonyl (C=O) groups is 1. The van der Waals surface area contributed by atoms with Gasteiger partial charge in [0.15, 0.2) is 5.54 Å². The van der Waals surface area contributed by atoms with E-state index in [4.69, 9.17) is 16.3 Å². The highest BCUT2D eigenvalue weighted by Crippen LogP contribution is 2.49. The molecule has 2 aliphatic heterocycles. The van der Waals surface area contributed by atoms with E-state index in [1.54, 1.807) is 31.3 Å². The minimum atomic E-state index is -4.41. The SMILES string of the molecule is CCOc1ncccc1C1(NCc2ccc(N3CCN(C)CC3)cc2)C(=O)N(S(=O)(=O)c2ccc(Cl)cc2)c2ccc(C#N)cc21. The number of ether oxygens (including phenoxy) is 1. The van der Waals surface area contributed by atoms with Gasteiger partial charge in [-0.3, -0.25) is 10.1 Å². The van der Waals surface area contributed by atoms with Gasteiger partial charge in [-0.25, -0.2) is 17.7 Å². The molecule has 0 bridgehead atoms. The van der Waals surface area contributed by atoms with Crippen LogP contribution in [0, 0.1) is 11.3 Å². The minimum Gasteiger partial charge on any atom is -0.478 e. The molecule has 1 saturated heterocycles. The van der Waals surface area contributed by atoms with Gasteiger partial charge in [0.25, 0.3) is 15.9 Å². The summed E-state index contributed by atoms with van der Waals surface area (Å²) in [5.74, 6) is -0.592. The molecular weight excluding hydrogens is 624 g/mol. The van der Waals surface area contributed by atoms with Gasteiger partial charge in [0, 0.05) is 60.8 Å². The Balaban J connectivity index is 1.47. The quantitative estimate of drug-likeness (QED) is 0.277. The topological polar surface area (TPSA) is 119 Å². The van der Waals surface area contributed by atoms with Gasteiger partial charge in [-0.15, -0.1) is 0 Å². The van der Waals surface area contributed by atoms with Crippen molar-refractivity contribution in [2.75, 3.05) is 49.0 Å². The first-order valence-electron chi connectivity index (χ1n) is 14.9. The molecule has 4 aromatic rings. The highest BCUT2D eigenvalue weighted by molar-refractivity contribution is 7.93. The fourth-order valence-corrected chi connectivity index (χ4v) is 7.58. The number of nitrogens with zero attached hydrogens (tertiary/aromatic N) is 5. The Morgan fingerprint density at radius 2 is 1.72 bits per heavy atom. The number of likely N-dealkylation sites (N-methyl/N-ethyl adjacent to an activating group) is 1. The van der Waals surface area contributed by atoms with Crippen molar-refractivity contribution in [2.45, 2.75) is 23.9 Å². The number of amides is 1. The Hall–Kier alpha value is -4.47. The molecule has 3 heterocycles. The number of pyridine rings is 1. The third-order valence-corrected chi connectivity index (χ3v) is 10.4. The summed E-state index contributed by atoms with van der Waals surface area (Å²) in [4.78, 5) is 23.9. The first kappa shape index (κ1) is 31.5. The Morgan fingerprint density at radius 1 is 1.00 bits per heavy atom. The summed E-state index contributed by atoms with van der Waals surface area (Å²) in [6.07, 6.45) is 1.55. The average Bonchev–Trinajstić information content (AvgIpc) is 3.32. The van der Waals surface area contributed by atoms with Gasteiger partial charge in [0.2, 0.25) is 5.88 Å². The molecule has 0 spiro atoms. The zero-order valence-electron chi connectivity index (χ0n) is 25.5. The molecule has 236 valence electrons. The van der Waals surface area contributed by atoms with Gasteiger partial charge >= 0.3 is 0 Å². The normalized spacial score (nSPS) is 18.3. The highest BCUT2D eigenvalue weighted by atomic mass is 35.5. The molecule has 1 unspecified atom stereocenters. The maximum atomic E-state index is 14.9. The number of rotatable bonds is 9. The second-order valence-electron chi connectivity index (χ2n) is 11.2. The van der Waals surface area contributed by atoms with Crippen LogP contribution >= 0.6 is 11.6 Å². The number of nitriles is 1. The van der Waals surface area contributed by atoms with Crippen molar-refractivity contribution >= 4 is 38.9 Å². The molecule has 12 heteroatoms. The summed E-state index contributed by atoms with van der Waals surface area (Å²) in [5.41, 5.74) is 1.25. The Kier molecular flexibility index (Phi) is 8.72. The van der Waals surface area contributed by atoms with Gasteiger partial charge in [-0.2, -0.15) is 5.26 Å². The second kappa shape index (κ2) is 12.7. The molecule has 6 rings (SSSR count). The first-order chi connectivity index (χ1) is 22.2. The number of carbonyl (C=O) groups excluding carboxylic acids is 1. The average molecular weight is 657 g/mol. The first-order valence-corrected chi connectivity index (χ1v) is 16.8. The molecule has 1 aromatic heterocycles. The zero-order valence-corrected chi connectivity index (χ0v) is 27.1. The third-order valence-electron chi connectivity index (χ3n) is 8.42. The summed E-state index contributed by atoms with van der Waals surface area (Å²) < 4.78 is 35.1. The molecule has 46 heavy (non-hydrogen) atoms. The molecule has 1 N–H and O–H groups in total. The Labute approximate surface area is 273 Å². The summed E-state index contributed by atoms with van der Waals surface area (Å²) >= 11 is 6.05. The van der Waals surface area contributed by atoms with Gasteiger partial charge < -0.3 is 14.5 Å². The number of anilines is 2. The van der Waals surface area contributed by atoms with Crippen molar-refractivity contribution in [1.29, 1.82) is 5.26 Å². The van der Waals surface area contributed by atoms with E-state index >= 15 is 0 Å². The van der Waals surface area contributed by atoms with Crippen LogP contribution in [-0.4, -0.2) is 64.0 Å². The van der Waals surface area contributed by atoms with Crippen molar-refractivity contribution in [1.82, 2.24) is 15.2 Å². The lowest BCUT2D eigenvalue weighted by atomic mass is 9.83. The molecule has 2 aliphatic rings. The predicted octanol–water partition coefficient (Wildman–Crippen LogP) is 4.53. The van der Waals surface area contributed by atoms with E-state index in [1.165, 1.54) is 36.4 Å². The summed E-state index contributed by atoms with van der Waals surface area (Å²) in [6.45, 7) is 6.10. The fraction of sp³-hybridized carbons (Fsp3) is 0.265. The molecule has 0 aliphatic carbocycles. The van der Waals surface area contributed by atoms with E-state index in [2.05, 4.69) is 45.4 Å². The van der Waals surface area contributed by atoms with Crippen LogP contribution in [0.3, 0.4) is 0 Å². The Morgan fingerprint density at radius 3 is 2.39 bits per heavy atom. The molecule has 10 nitrogen and oxygen atoms in total. The predicted molar refractivity (Wildman–Crippen MR) is 176 cm³/mol. The van der Waals surface area contributed by atoms with E-state index in [1.807, 2.05) is 12.1 Å². The van der Waals surface area contributed by atoms with E-state index in [0.717, 1.165) is 41.7 Å². The van der Waals surface area contributed by atoms with Crippen LogP contribution in [0.25, 0.3) is 0 Å². The van der Waals surface area contributed by atoms with Crippen LogP contribution in [0.1, 0.15) is 29.2 Å². The Bertz CT molecular complexity index is 1910. The fourth-order valence-electron chi connectivity index (χ4n) is 5.99. The van der Waals surface area contributed by atoms with Crippen LogP contribution in [0.15, 0.2) is 90.0 Å². The third kappa shape index (κ3) is 5.58. The van der Waals surface area contributed by atoms with E-state index < -0.39 is 21.5 Å². The molecule has 1 amide bonds. The monoisotopic (exact) mass is 656 g/mol. The number of halogens is 1. The molecule has 1 fully saturated rings. The highest BCUT2D eigenvalue weighted by Gasteiger charge is 2.57. The molecule has 0 saturated carbocycles. The number of aromatic nitrogens is 1. The van der Waals surface area contributed by atoms with Crippen molar-refractivity contribution < 1.29 is 17.9 Å². The maximum absolute atomic E-state index is 14.9. The summed E-state index contributed by atoms with van der Waals surface area (Å²) in [7, 11) is -2.30. The number of benzene rings is 3. The second-order valence-corrected chi connectivity index (χ2v) is 13.4. The number of hydrogen-bond acceptors (Lipinski definition) is 9. The van der Waals surface area contributed by atoms with Crippen LogP contribution in [-0.2, 0) is 26.9 Å². The summed E-state index contributed by atoms with van der Waals surface area (Å²) in [5, 5.41) is 13.6. The largest absolute Gasteiger partial charge is 0.478 e. The van der Waals surface area contributed by atoms with Crippen LogP contribution < -0.4 is 19.3 Å². The molecule has 0 radical (unpaired) electrons. The number of fused-ring (bicyclic) bond motifs is 1. The minimum absolute atomic E-state index is 0.105. The smallest absolute Gasteiger partial charge is 0.270 e. The van der Waals surface area contributed by atoms with Crippen LogP contribution in [0.4, 0.5) is 11.4 Å². The molecule has 1 atom stereocenters. The van der Waals surface area contributed by atoms with Gasteiger partial charge in [-0.1, -0.05) is 23.7 Å². The number of hydrogen-bond donors (Lipinski definition) is 1.